The molecule has 2 heterocycles. The van der Waals surface area contributed by atoms with Gasteiger partial charge in [0.05, 0.1) is 17.4 Å². The van der Waals surface area contributed by atoms with Crippen LogP contribution < -0.4 is 5.32 Å². The van der Waals surface area contributed by atoms with Gasteiger partial charge in [-0.1, -0.05) is 12.1 Å². The standard InChI is InChI=1S/C19H24N2O3/c1-13-15(8-10-24-13)18(22)20-17-6-4-5-14-11-21(9-7-16(14)17)12-19(2,3)23/h4-6,8,10,23H,7,9,11-12H2,1-3H3,(H,20,22). The van der Waals surface area contributed by atoms with Gasteiger partial charge in [-0.05, 0) is 50.5 Å². The number of benzene rings is 1. The predicted molar refractivity (Wildman–Crippen MR) is 93.1 cm³/mol. The Balaban J connectivity index is 1.77. The largest absolute Gasteiger partial charge is 0.469 e. The Kier molecular flexibility index (Phi) is 4.47. The van der Waals surface area contributed by atoms with Gasteiger partial charge in [-0.2, -0.15) is 0 Å². The molecule has 3 rings (SSSR count). The number of nitrogens with one attached hydrogen (secondary N) is 1. The molecule has 0 fully saturated rings. The average Bonchev–Trinajstić information content (AvgIpc) is 2.92. The lowest BCUT2D eigenvalue weighted by molar-refractivity contribution is 0.0318. The van der Waals surface area contributed by atoms with E-state index in [4.69, 9.17) is 4.42 Å². The third-order valence-electron chi connectivity index (χ3n) is 4.31. The number of nitrogens with zero attached hydrogens (tertiary/aromatic N) is 1. The Morgan fingerprint density at radius 3 is 2.83 bits per heavy atom. The zero-order chi connectivity index (χ0) is 17.3. The number of amides is 1. The Morgan fingerprint density at radius 2 is 2.17 bits per heavy atom. The van der Waals surface area contributed by atoms with E-state index in [0.717, 1.165) is 25.2 Å². The van der Waals surface area contributed by atoms with Crippen molar-refractivity contribution in [3.05, 3.63) is 53.0 Å². The molecule has 1 aliphatic heterocycles. The molecule has 0 radical (unpaired) electrons. The van der Waals surface area contributed by atoms with Crippen molar-refractivity contribution < 1.29 is 14.3 Å². The molecule has 0 bridgehead atoms. The molecule has 5 heteroatoms. The van der Waals surface area contributed by atoms with Crippen LogP contribution in [0.4, 0.5) is 5.69 Å². The second kappa shape index (κ2) is 6.42. The number of anilines is 1. The van der Waals surface area contributed by atoms with Crippen LogP contribution in [0.25, 0.3) is 0 Å². The molecular formula is C19H24N2O3. The van der Waals surface area contributed by atoms with Crippen molar-refractivity contribution in [2.75, 3.05) is 18.4 Å². The molecule has 2 N–H and O–H groups in total. The Morgan fingerprint density at radius 1 is 1.38 bits per heavy atom. The maximum atomic E-state index is 12.4. The summed E-state index contributed by atoms with van der Waals surface area (Å²) in [7, 11) is 0. The SMILES string of the molecule is Cc1occc1C(=O)Nc1cccc2c1CCN(CC(C)(C)O)C2. The van der Waals surface area contributed by atoms with Crippen molar-refractivity contribution in [3.8, 4) is 0 Å². The normalized spacial score (nSPS) is 15.2. The molecule has 0 saturated heterocycles. The summed E-state index contributed by atoms with van der Waals surface area (Å²) in [5, 5.41) is 13.0. The minimum Gasteiger partial charge on any atom is -0.469 e. The first-order chi connectivity index (χ1) is 11.3. The number of hydrogen-bond donors (Lipinski definition) is 2. The maximum Gasteiger partial charge on any atom is 0.259 e. The lowest BCUT2D eigenvalue weighted by Crippen LogP contribution is -2.41. The van der Waals surface area contributed by atoms with Gasteiger partial charge in [-0.25, -0.2) is 0 Å². The molecule has 1 aliphatic rings. The summed E-state index contributed by atoms with van der Waals surface area (Å²) in [5.41, 5.74) is 3.10. The molecule has 0 saturated carbocycles. The first kappa shape index (κ1) is 16.7. The molecule has 0 aliphatic carbocycles. The lowest BCUT2D eigenvalue weighted by Gasteiger charge is -2.33. The van der Waals surface area contributed by atoms with Gasteiger partial charge in [0.15, 0.2) is 0 Å². The van der Waals surface area contributed by atoms with E-state index in [-0.39, 0.29) is 5.91 Å². The number of β-amino-alcohol motifs (C(OH)–C–C–N with tert-alkyl or cyclic N) is 1. The fraction of sp³-hybridized carbons (Fsp3) is 0.421. The van der Waals surface area contributed by atoms with Crippen molar-refractivity contribution in [3.63, 3.8) is 0 Å². The molecular weight excluding hydrogens is 304 g/mol. The monoisotopic (exact) mass is 328 g/mol. The van der Waals surface area contributed by atoms with Gasteiger partial charge in [0.1, 0.15) is 5.76 Å². The highest BCUT2D eigenvalue weighted by Crippen LogP contribution is 2.27. The van der Waals surface area contributed by atoms with E-state index in [0.29, 0.717) is 17.9 Å². The van der Waals surface area contributed by atoms with Gasteiger partial charge >= 0.3 is 0 Å². The zero-order valence-electron chi connectivity index (χ0n) is 14.4. The van der Waals surface area contributed by atoms with Crippen LogP contribution >= 0.6 is 0 Å². The summed E-state index contributed by atoms with van der Waals surface area (Å²) < 4.78 is 5.21. The summed E-state index contributed by atoms with van der Waals surface area (Å²) in [6.45, 7) is 7.72. The third kappa shape index (κ3) is 3.68. The first-order valence-corrected chi connectivity index (χ1v) is 8.24. The number of aryl methyl sites for hydroxylation is 1. The number of aliphatic hydroxyl groups is 1. The van der Waals surface area contributed by atoms with Gasteiger partial charge < -0.3 is 14.8 Å². The van der Waals surface area contributed by atoms with Crippen LogP contribution in [0.3, 0.4) is 0 Å². The van der Waals surface area contributed by atoms with Crippen LogP contribution in [0.5, 0.6) is 0 Å². The smallest absolute Gasteiger partial charge is 0.259 e. The highest BCUT2D eigenvalue weighted by molar-refractivity contribution is 6.05. The second-order valence-electron chi connectivity index (χ2n) is 7.06. The van der Waals surface area contributed by atoms with Gasteiger partial charge in [0, 0.05) is 25.3 Å². The summed E-state index contributed by atoms with van der Waals surface area (Å²) in [6, 6.07) is 7.68. The maximum absolute atomic E-state index is 12.4. The van der Waals surface area contributed by atoms with E-state index in [1.165, 1.54) is 17.4 Å². The highest BCUT2D eigenvalue weighted by Gasteiger charge is 2.24. The number of carbonyl (C=O) groups excluding carboxylic acids is 1. The third-order valence-corrected chi connectivity index (χ3v) is 4.31. The minimum absolute atomic E-state index is 0.145. The first-order valence-electron chi connectivity index (χ1n) is 8.24. The van der Waals surface area contributed by atoms with Gasteiger partial charge in [-0.15, -0.1) is 0 Å². The van der Waals surface area contributed by atoms with Crippen LogP contribution in [0.2, 0.25) is 0 Å². The highest BCUT2D eigenvalue weighted by atomic mass is 16.3. The van der Waals surface area contributed by atoms with Crippen molar-refractivity contribution in [1.82, 2.24) is 4.90 Å². The van der Waals surface area contributed by atoms with Gasteiger partial charge in [0.2, 0.25) is 0 Å². The molecule has 1 amide bonds. The summed E-state index contributed by atoms with van der Waals surface area (Å²) in [5.74, 6) is 0.474. The molecule has 0 atom stereocenters. The molecule has 1 aromatic carbocycles. The van der Waals surface area contributed by atoms with E-state index in [9.17, 15) is 9.90 Å². The molecule has 24 heavy (non-hydrogen) atoms. The number of hydrogen-bond acceptors (Lipinski definition) is 4. The van der Waals surface area contributed by atoms with Crippen LogP contribution in [-0.2, 0) is 13.0 Å². The van der Waals surface area contributed by atoms with E-state index < -0.39 is 5.60 Å². The van der Waals surface area contributed by atoms with Crippen molar-refractivity contribution in [2.45, 2.75) is 39.3 Å². The number of rotatable bonds is 4. The lowest BCUT2D eigenvalue weighted by atomic mass is 9.96. The summed E-state index contributed by atoms with van der Waals surface area (Å²) in [6.07, 6.45) is 2.38. The Bertz CT molecular complexity index is 743. The number of fused-ring (bicyclic) bond motifs is 1. The van der Waals surface area contributed by atoms with Gasteiger partial charge in [-0.3, -0.25) is 9.69 Å². The zero-order valence-corrected chi connectivity index (χ0v) is 14.4. The van der Waals surface area contributed by atoms with Crippen LogP contribution in [-0.4, -0.2) is 34.6 Å². The topological polar surface area (TPSA) is 65.7 Å². The predicted octanol–water partition coefficient (Wildman–Crippen LogP) is 2.97. The van der Waals surface area contributed by atoms with Crippen LogP contribution in [0.15, 0.2) is 34.9 Å². The number of carbonyl (C=O) groups is 1. The summed E-state index contributed by atoms with van der Waals surface area (Å²) >= 11 is 0. The molecule has 0 spiro atoms. The fourth-order valence-electron chi connectivity index (χ4n) is 3.28. The van der Waals surface area contributed by atoms with Crippen LogP contribution in [0, 0.1) is 6.92 Å². The fourth-order valence-corrected chi connectivity index (χ4v) is 3.28. The van der Waals surface area contributed by atoms with Gasteiger partial charge in [0.25, 0.3) is 5.91 Å². The number of furan rings is 1. The van der Waals surface area contributed by atoms with E-state index in [1.807, 2.05) is 26.0 Å². The van der Waals surface area contributed by atoms with E-state index >= 15 is 0 Å². The van der Waals surface area contributed by atoms with Crippen molar-refractivity contribution in [1.29, 1.82) is 0 Å². The molecule has 0 unspecified atom stereocenters. The van der Waals surface area contributed by atoms with E-state index in [2.05, 4.69) is 16.3 Å². The van der Waals surface area contributed by atoms with Crippen LogP contribution in [0.1, 0.15) is 41.1 Å². The Labute approximate surface area is 142 Å². The summed E-state index contributed by atoms with van der Waals surface area (Å²) in [4.78, 5) is 14.7. The molecule has 1 aromatic heterocycles. The van der Waals surface area contributed by atoms with Crippen molar-refractivity contribution in [2.24, 2.45) is 0 Å². The molecule has 5 nitrogen and oxygen atoms in total. The molecule has 128 valence electrons. The quantitative estimate of drug-likeness (QED) is 0.905. The average molecular weight is 328 g/mol. The van der Waals surface area contributed by atoms with E-state index in [1.54, 1.807) is 13.0 Å². The van der Waals surface area contributed by atoms with Crippen molar-refractivity contribution >= 4 is 11.6 Å². The minimum atomic E-state index is -0.706. The molecule has 2 aromatic rings. The Hall–Kier alpha value is -2.11. The second-order valence-corrected chi connectivity index (χ2v) is 7.06.